The predicted octanol–water partition coefficient (Wildman–Crippen LogP) is 4.25. The normalized spacial score (nSPS) is 10.6. The highest BCUT2D eigenvalue weighted by molar-refractivity contribution is 6.06. The van der Waals surface area contributed by atoms with Crippen molar-refractivity contribution >= 4 is 22.4 Å². The Bertz CT molecular complexity index is 874. The van der Waals surface area contributed by atoms with Crippen LogP contribution in [0, 0.1) is 12.7 Å². The lowest BCUT2D eigenvalue weighted by atomic mass is 10.0. The quantitative estimate of drug-likeness (QED) is 0.742. The Kier molecular flexibility index (Phi) is 3.51. The number of aryl methyl sites for hydroxylation is 1. The van der Waals surface area contributed by atoms with Gasteiger partial charge in [-0.05, 0) is 53.6 Å². The van der Waals surface area contributed by atoms with Crippen molar-refractivity contribution in [2.75, 3.05) is 5.32 Å². The van der Waals surface area contributed by atoms with Crippen LogP contribution in [0.5, 0.6) is 5.75 Å². The van der Waals surface area contributed by atoms with Crippen LogP contribution in [0.15, 0.2) is 54.6 Å². The summed E-state index contributed by atoms with van der Waals surface area (Å²) in [5.74, 6) is -0.633. The Balaban J connectivity index is 1.95. The number of fused-ring (bicyclic) bond motifs is 1. The number of rotatable bonds is 2. The van der Waals surface area contributed by atoms with Crippen LogP contribution in [0.3, 0.4) is 0 Å². The lowest BCUT2D eigenvalue weighted by molar-refractivity contribution is 0.102. The second-order valence-corrected chi connectivity index (χ2v) is 5.08. The maximum absolute atomic E-state index is 13.6. The summed E-state index contributed by atoms with van der Waals surface area (Å²) in [5, 5.41) is 14.0. The molecule has 0 aliphatic heterocycles. The number of anilines is 1. The first kappa shape index (κ1) is 14.1. The summed E-state index contributed by atoms with van der Waals surface area (Å²) in [6.45, 7) is 1.82. The molecule has 110 valence electrons. The zero-order valence-electron chi connectivity index (χ0n) is 11.9. The second-order valence-electron chi connectivity index (χ2n) is 5.08. The van der Waals surface area contributed by atoms with Crippen molar-refractivity contribution < 1.29 is 14.3 Å². The van der Waals surface area contributed by atoms with Crippen LogP contribution in [-0.2, 0) is 0 Å². The van der Waals surface area contributed by atoms with Crippen LogP contribution >= 0.6 is 0 Å². The summed E-state index contributed by atoms with van der Waals surface area (Å²) in [6, 6.07) is 14.5. The van der Waals surface area contributed by atoms with E-state index >= 15 is 0 Å². The molecule has 0 saturated carbocycles. The van der Waals surface area contributed by atoms with Gasteiger partial charge >= 0.3 is 0 Å². The average Bonchev–Trinajstić information content (AvgIpc) is 2.53. The first-order valence-electron chi connectivity index (χ1n) is 6.84. The van der Waals surface area contributed by atoms with Gasteiger partial charge in [0.15, 0.2) is 0 Å². The molecule has 2 N–H and O–H groups in total. The summed E-state index contributed by atoms with van der Waals surface area (Å²) in [6.07, 6.45) is 0. The Hall–Kier alpha value is -2.88. The Morgan fingerprint density at radius 3 is 2.64 bits per heavy atom. The summed E-state index contributed by atoms with van der Waals surface area (Å²) in [7, 11) is 0. The van der Waals surface area contributed by atoms with Gasteiger partial charge in [-0.2, -0.15) is 0 Å². The van der Waals surface area contributed by atoms with E-state index in [-0.39, 0.29) is 17.3 Å². The molecule has 0 aromatic heterocycles. The molecule has 0 saturated heterocycles. The fraction of sp³-hybridized carbons (Fsp3) is 0.0556. The molecular weight excluding hydrogens is 281 g/mol. The average molecular weight is 295 g/mol. The summed E-state index contributed by atoms with van der Waals surface area (Å²) >= 11 is 0. The monoisotopic (exact) mass is 295 g/mol. The number of carbonyl (C=O) groups excluding carboxylic acids is 1. The Labute approximate surface area is 127 Å². The molecule has 0 atom stereocenters. The smallest absolute Gasteiger partial charge is 0.255 e. The predicted molar refractivity (Wildman–Crippen MR) is 84.7 cm³/mol. The zero-order chi connectivity index (χ0) is 15.7. The van der Waals surface area contributed by atoms with Gasteiger partial charge < -0.3 is 10.4 Å². The van der Waals surface area contributed by atoms with Gasteiger partial charge in [0, 0.05) is 5.56 Å². The molecule has 3 rings (SSSR count). The van der Waals surface area contributed by atoms with Crippen molar-refractivity contribution in [2.24, 2.45) is 0 Å². The second kappa shape index (κ2) is 5.48. The number of phenolic OH excluding ortho intramolecular Hbond substituents is 1. The number of hydrogen-bond donors (Lipinski definition) is 2. The lowest BCUT2D eigenvalue weighted by Crippen LogP contribution is -2.12. The van der Waals surface area contributed by atoms with Crippen LogP contribution in [0.25, 0.3) is 10.8 Å². The highest BCUT2D eigenvalue weighted by atomic mass is 19.1. The summed E-state index contributed by atoms with van der Waals surface area (Å²) in [4.78, 5) is 12.2. The first-order valence-corrected chi connectivity index (χ1v) is 6.84. The highest BCUT2D eigenvalue weighted by Gasteiger charge is 2.10. The molecule has 0 radical (unpaired) electrons. The first-order chi connectivity index (χ1) is 10.6. The van der Waals surface area contributed by atoms with E-state index in [1.165, 1.54) is 12.1 Å². The van der Waals surface area contributed by atoms with Gasteiger partial charge in [-0.25, -0.2) is 4.39 Å². The molecular formula is C18H14FNO2. The molecule has 3 aromatic rings. The fourth-order valence-corrected chi connectivity index (χ4v) is 2.37. The van der Waals surface area contributed by atoms with Crippen molar-refractivity contribution in [3.63, 3.8) is 0 Å². The van der Waals surface area contributed by atoms with Crippen LogP contribution in [0.1, 0.15) is 15.9 Å². The number of hydrogen-bond acceptors (Lipinski definition) is 2. The largest absolute Gasteiger partial charge is 0.508 e. The van der Waals surface area contributed by atoms with Crippen LogP contribution < -0.4 is 5.32 Å². The van der Waals surface area contributed by atoms with Crippen LogP contribution in [-0.4, -0.2) is 11.0 Å². The number of para-hydroxylation sites is 1. The van der Waals surface area contributed by atoms with Gasteiger partial charge in [0.2, 0.25) is 0 Å². The van der Waals surface area contributed by atoms with E-state index in [1.54, 1.807) is 42.5 Å². The van der Waals surface area contributed by atoms with Crippen molar-refractivity contribution in [1.82, 2.24) is 0 Å². The summed E-state index contributed by atoms with van der Waals surface area (Å²) < 4.78 is 13.6. The fourth-order valence-electron chi connectivity index (χ4n) is 2.37. The van der Waals surface area contributed by atoms with Crippen molar-refractivity contribution in [2.45, 2.75) is 6.92 Å². The lowest BCUT2D eigenvalue weighted by Gasteiger charge is -2.09. The van der Waals surface area contributed by atoms with E-state index in [0.717, 1.165) is 16.3 Å². The van der Waals surface area contributed by atoms with Crippen molar-refractivity contribution in [3.05, 3.63) is 71.5 Å². The number of halogens is 1. The molecule has 0 heterocycles. The Morgan fingerprint density at radius 2 is 1.86 bits per heavy atom. The molecule has 1 amide bonds. The van der Waals surface area contributed by atoms with E-state index in [2.05, 4.69) is 5.32 Å². The minimum Gasteiger partial charge on any atom is -0.508 e. The molecule has 0 unspecified atom stereocenters. The molecule has 3 nitrogen and oxygen atoms in total. The van der Waals surface area contributed by atoms with Gasteiger partial charge in [0.25, 0.3) is 5.91 Å². The van der Waals surface area contributed by atoms with E-state index in [4.69, 9.17) is 0 Å². The number of benzene rings is 3. The van der Waals surface area contributed by atoms with Crippen molar-refractivity contribution in [1.29, 1.82) is 0 Å². The van der Waals surface area contributed by atoms with E-state index < -0.39 is 5.82 Å². The highest BCUT2D eigenvalue weighted by Crippen LogP contribution is 2.27. The molecule has 3 aromatic carbocycles. The van der Waals surface area contributed by atoms with Crippen LogP contribution in [0.2, 0.25) is 0 Å². The minimum absolute atomic E-state index is 0.148. The van der Waals surface area contributed by atoms with Gasteiger partial charge in [-0.1, -0.05) is 24.3 Å². The standard InChI is InChI=1S/C18H14FNO2/c1-11-14-8-6-13(10-12(14)7-9-17(11)21)18(22)20-16-5-3-2-4-15(16)19/h2-10,21H,1H3,(H,20,22). The van der Waals surface area contributed by atoms with Crippen molar-refractivity contribution in [3.8, 4) is 5.75 Å². The maximum Gasteiger partial charge on any atom is 0.255 e. The van der Waals surface area contributed by atoms with Gasteiger partial charge in [0.05, 0.1) is 5.69 Å². The number of amides is 1. The topological polar surface area (TPSA) is 49.3 Å². The SMILES string of the molecule is Cc1c(O)ccc2cc(C(=O)Nc3ccccc3F)ccc12. The maximum atomic E-state index is 13.6. The van der Waals surface area contributed by atoms with E-state index in [0.29, 0.717) is 5.56 Å². The van der Waals surface area contributed by atoms with E-state index in [9.17, 15) is 14.3 Å². The molecule has 22 heavy (non-hydrogen) atoms. The number of nitrogens with one attached hydrogen (secondary N) is 1. The molecule has 0 fully saturated rings. The molecule has 0 spiro atoms. The summed E-state index contributed by atoms with van der Waals surface area (Å²) in [5.41, 5.74) is 1.34. The molecule has 0 bridgehead atoms. The number of carbonyl (C=O) groups is 1. The number of aromatic hydroxyl groups is 1. The zero-order valence-corrected chi connectivity index (χ0v) is 11.9. The minimum atomic E-state index is -0.475. The van der Waals surface area contributed by atoms with Gasteiger partial charge in [-0.15, -0.1) is 0 Å². The van der Waals surface area contributed by atoms with Gasteiger partial charge in [-0.3, -0.25) is 4.79 Å². The van der Waals surface area contributed by atoms with Crippen LogP contribution in [0.4, 0.5) is 10.1 Å². The number of phenols is 1. The van der Waals surface area contributed by atoms with E-state index in [1.807, 2.05) is 6.92 Å². The third-order valence-electron chi connectivity index (χ3n) is 3.64. The third-order valence-corrected chi connectivity index (χ3v) is 3.64. The Morgan fingerprint density at radius 1 is 1.09 bits per heavy atom. The third kappa shape index (κ3) is 2.51. The molecule has 4 heteroatoms. The molecule has 0 aliphatic carbocycles. The van der Waals surface area contributed by atoms with Gasteiger partial charge in [0.1, 0.15) is 11.6 Å². The molecule has 0 aliphatic rings.